The van der Waals surface area contributed by atoms with E-state index in [1.165, 1.54) is 22.9 Å². The first-order valence-corrected chi connectivity index (χ1v) is 14.0. The van der Waals surface area contributed by atoms with Crippen LogP contribution in [-0.4, -0.2) is 88.8 Å². The summed E-state index contributed by atoms with van der Waals surface area (Å²) in [5.74, 6) is 0.633. The molecule has 1 amide bonds. The number of sulfonamides is 1. The second-order valence-corrected chi connectivity index (χ2v) is 12.0. The number of carbonyl (C=O) groups is 1. The van der Waals surface area contributed by atoms with Crippen molar-refractivity contribution in [1.82, 2.24) is 24.0 Å². The van der Waals surface area contributed by atoms with Gasteiger partial charge in [-0.25, -0.2) is 13.1 Å². The van der Waals surface area contributed by atoms with Crippen LogP contribution in [0.15, 0.2) is 46.2 Å². The number of halogens is 1. The maximum atomic E-state index is 13.4. The number of amides is 1. The molecule has 0 aliphatic carbocycles. The van der Waals surface area contributed by atoms with E-state index in [1.807, 2.05) is 0 Å². The molecular formula is C24H29ClN6O5S. The average molecular weight is 549 g/mol. The van der Waals surface area contributed by atoms with E-state index in [2.05, 4.69) is 15.0 Å². The van der Waals surface area contributed by atoms with Gasteiger partial charge in [-0.15, -0.1) is 0 Å². The van der Waals surface area contributed by atoms with Crippen LogP contribution in [0.2, 0.25) is 5.02 Å². The molecule has 2 aliphatic rings. The molecule has 0 radical (unpaired) electrons. The minimum Gasteiger partial charge on any atom is -0.394 e. The Morgan fingerprint density at radius 1 is 1.16 bits per heavy atom. The summed E-state index contributed by atoms with van der Waals surface area (Å²) in [5.41, 5.74) is 0.427. The molecule has 2 aromatic heterocycles. The minimum absolute atomic E-state index is 0.0227. The second-order valence-electron chi connectivity index (χ2n) is 9.61. The number of hydrogen-bond donors (Lipinski definition) is 2. The van der Waals surface area contributed by atoms with Gasteiger partial charge in [-0.05, 0) is 43.0 Å². The van der Waals surface area contributed by atoms with Gasteiger partial charge in [0.15, 0.2) is 0 Å². The second kappa shape index (κ2) is 10.1. The van der Waals surface area contributed by atoms with Crippen molar-refractivity contribution >= 4 is 44.3 Å². The number of carbonyl (C=O) groups excluding carboxylic acids is 1. The highest BCUT2D eigenvalue weighted by atomic mass is 35.5. The SMILES string of the molecule is Cn1nc(N2CCC(CN3C(=O)CN(S(=O)(=O)c4ccc5c(Cl)c[nH]c5c4)CC3CO)CC2)ccc1=O. The van der Waals surface area contributed by atoms with Gasteiger partial charge in [-0.1, -0.05) is 11.6 Å². The largest absolute Gasteiger partial charge is 0.394 e. The summed E-state index contributed by atoms with van der Waals surface area (Å²) in [4.78, 5) is 31.5. The van der Waals surface area contributed by atoms with Crippen LogP contribution in [0.4, 0.5) is 5.82 Å². The number of H-pyrrole nitrogens is 1. The highest BCUT2D eigenvalue weighted by Crippen LogP contribution is 2.29. The zero-order chi connectivity index (χ0) is 26.3. The minimum atomic E-state index is -3.95. The van der Waals surface area contributed by atoms with Gasteiger partial charge >= 0.3 is 0 Å². The maximum absolute atomic E-state index is 13.4. The van der Waals surface area contributed by atoms with E-state index < -0.39 is 16.1 Å². The number of nitrogens with one attached hydrogen (secondary N) is 1. The van der Waals surface area contributed by atoms with Crippen LogP contribution < -0.4 is 10.5 Å². The Morgan fingerprint density at radius 3 is 2.62 bits per heavy atom. The highest BCUT2D eigenvalue weighted by molar-refractivity contribution is 7.89. The number of piperazine rings is 1. The van der Waals surface area contributed by atoms with E-state index in [1.54, 1.807) is 30.3 Å². The van der Waals surface area contributed by atoms with Gasteiger partial charge in [-0.2, -0.15) is 9.40 Å². The van der Waals surface area contributed by atoms with Crippen LogP contribution in [0.25, 0.3) is 10.9 Å². The lowest BCUT2D eigenvalue weighted by atomic mass is 9.95. The zero-order valence-electron chi connectivity index (χ0n) is 20.4. The molecule has 5 rings (SSSR count). The lowest BCUT2D eigenvalue weighted by molar-refractivity contribution is -0.139. The van der Waals surface area contributed by atoms with E-state index in [0.29, 0.717) is 22.5 Å². The fraction of sp³-hybridized carbons (Fsp3) is 0.458. The summed E-state index contributed by atoms with van der Waals surface area (Å²) in [6.45, 7) is 1.34. The van der Waals surface area contributed by atoms with Crippen LogP contribution in [0, 0.1) is 5.92 Å². The van der Waals surface area contributed by atoms with Crippen molar-refractivity contribution in [2.75, 3.05) is 44.2 Å². The van der Waals surface area contributed by atoms with Crippen molar-refractivity contribution in [2.24, 2.45) is 13.0 Å². The Labute approximate surface area is 219 Å². The first-order chi connectivity index (χ1) is 17.7. The number of aromatic nitrogens is 3. The monoisotopic (exact) mass is 548 g/mol. The topological polar surface area (TPSA) is 132 Å². The standard InChI is InChI=1S/C24H29ClN6O5S/c1-28-23(33)5-4-22(27-28)29-8-6-16(7-9-29)12-31-17(15-32)13-30(14-24(31)34)37(35,36)18-2-3-19-20(25)11-26-21(19)10-18/h2-5,10-11,16-17,26,32H,6-9,12-15H2,1H3. The van der Waals surface area contributed by atoms with E-state index in [0.717, 1.165) is 36.1 Å². The summed E-state index contributed by atoms with van der Waals surface area (Å²) < 4.78 is 29.2. The van der Waals surface area contributed by atoms with E-state index in [-0.39, 0.29) is 42.0 Å². The van der Waals surface area contributed by atoms with Crippen molar-refractivity contribution in [1.29, 1.82) is 0 Å². The number of aromatic amines is 1. The molecule has 0 saturated carbocycles. The zero-order valence-corrected chi connectivity index (χ0v) is 22.0. The summed E-state index contributed by atoms with van der Waals surface area (Å²) in [7, 11) is -2.33. The molecular weight excluding hydrogens is 520 g/mol. The van der Waals surface area contributed by atoms with E-state index in [9.17, 15) is 23.1 Å². The summed E-state index contributed by atoms with van der Waals surface area (Å²) in [6, 6.07) is 7.22. The molecule has 198 valence electrons. The number of aliphatic hydroxyl groups excluding tert-OH is 1. The van der Waals surface area contributed by atoms with Crippen LogP contribution in [0.3, 0.4) is 0 Å². The van der Waals surface area contributed by atoms with Gasteiger partial charge in [-0.3, -0.25) is 9.59 Å². The van der Waals surface area contributed by atoms with Crippen LogP contribution >= 0.6 is 11.6 Å². The number of rotatable bonds is 6. The molecule has 2 saturated heterocycles. The number of hydrogen-bond acceptors (Lipinski definition) is 7. The normalized spacial score (nSPS) is 20.2. The third kappa shape index (κ3) is 4.98. The number of benzene rings is 1. The Hall–Kier alpha value is -2.93. The first-order valence-electron chi connectivity index (χ1n) is 12.1. The van der Waals surface area contributed by atoms with Crippen LogP contribution in [0.5, 0.6) is 0 Å². The molecule has 2 fully saturated rings. The van der Waals surface area contributed by atoms with Gasteiger partial charge in [0.25, 0.3) is 5.56 Å². The van der Waals surface area contributed by atoms with Crippen LogP contribution in [0.1, 0.15) is 12.8 Å². The number of nitrogens with zero attached hydrogens (tertiary/aromatic N) is 5. The Balaban J connectivity index is 1.24. The molecule has 2 N–H and O–H groups in total. The molecule has 0 spiro atoms. The maximum Gasteiger partial charge on any atom is 0.266 e. The van der Waals surface area contributed by atoms with E-state index >= 15 is 0 Å². The molecule has 2 aliphatic heterocycles. The van der Waals surface area contributed by atoms with Gasteiger partial charge in [0.1, 0.15) is 5.82 Å². The highest BCUT2D eigenvalue weighted by Gasteiger charge is 2.39. The fourth-order valence-corrected chi connectivity index (χ4v) is 6.77. The smallest absolute Gasteiger partial charge is 0.266 e. The number of piperidine rings is 1. The lowest BCUT2D eigenvalue weighted by Gasteiger charge is -2.42. The van der Waals surface area contributed by atoms with Crippen molar-refractivity contribution in [2.45, 2.75) is 23.8 Å². The third-order valence-electron chi connectivity index (χ3n) is 7.28. The lowest BCUT2D eigenvalue weighted by Crippen LogP contribution is -2.60. The Bertz CT molecular complexity index is 1480. The average Bonchev–Trinajstić information content (AvgIpc) is 3.27. The fourth-order valence-electron chi connectivity index (χ4n) is 5.09. The van der Waals surface area contributed by atoms with Crippen molar-refractivity contribution in [3.8, 4) is 0 Å². The summed E-state index contributed by atoms with van der Waals surface area (Å²) >= 11 is 6.10. The van der Waals surface area contributed by atoms with Crippen LogP contribution in [-0.2, 0) is 21.9 Å². The van der Waals surface area contributed by atoms with E-state index in [4.69, 9.17) is 11.6 Å². The first kappa shape index (κ1) is 25.7. The Kier molecular flexibility index (Phi) is 7.01. The predicted molar refractivity (Wildman–Crippen MR) is 139 cm³/mol. The number of aliphatic hydroxyl groups is 1. The van der Waals surface area contributed by atoms with Gasteiger partial charge in [0.05, 0.1) is 29.1 Å². The predicted octanol–water partition coefficient (Wildman–Crippen LogP) is 1.03. The molecule has 0 bridgehead atoms. The molecule has 4 heterocycles. The number of anilines is 1. The molecule has 1 aromatic carbocycles. The van der Waals surface area contributed by atoms with Gasteiger partial charge in [0, 0.05) is 56.4 Å². The van der Waals surface area contributed by atoms with Gasteiger partial charge in [0.2, 0.25) is 15.9 Å². The van der Waals surface area contributed by atoms with Crippen molar-refractivity contribution < 1.29 is 18.3 Å². The quantitative estimate of drug-likeness (QED) is 0.470. The number of aryl methyl sites for hydroxylation is 1. The van der Waals surface area contributed by atoms with Crippen molar-refractivity contribution in [3.63, 3.8) is 0 Å². The molecule has 1 unspecified atom stereocenters. The molecule has 37 heavy (non-hydrogen) atoms. The molecule has 13 heteroatoms. The molecule has 11 nitrogen and oxygen atoms in total. The molecule has 3 aromatic rings. The third-order valence-corrected chi connectivity index (χ3v) is 9.40. The summed E-state index contributed by atoms with van der Waals surface area (Å²) in [5, 5.41) is 15.6. The van der Waals surface area contributed by atoms with Gasteiger partial charge < -0.3 is 19.9 Å². The number of fused-ring (bicyclic) bond motifs is 1. The Morgan fingerprint density at radius 2 is 1.92 bits per heavy atom. The molecule has 1 atom stereocenters. The summed E-state index contributed by atoms with van der Waals surface area (Å²) in [6.07, 6.45) is 3.22. The van der Waals surface area contributed by atoms with Crippen molar-refractivity contribution in [3.05, 3.63) is 51.9 Å².